The number of hydrogen-bond donors (Lipinski definition) is 3. The number of rotatable bonds is 8. The van der Waals surface area contributed by atoms with Crippen molar-refractivity contribution in [3.8, 4) is 17.0 Å². The first-order valence-electron chi connectivity index (χ1n) is 21.2. The van der Waals surface area contributed by atoms with Gasteiger partial charge in [-0.05, 0) is 80.3 Å². The number of fused-ring (bicyclic) bond motifs is 1. The molecule has 4 aliphatic rings. The molecule has 0 bridgehead atoms. The maximum absolute atomic E-state index is 14.0. The summed E-state index contributed by atoms with van der Waals surface area (Å²) < 4.78 is 20.9. The van der Waals surface area contributed by atoms with Crippen molar-refractivity contribution in [3.63, 3.8) is 0 Å². The Morgan fingerprint density at radius 2 is 1.69 bits per heavy atom. The number of aromatic hydroxyl groups is 1. The topological polar surface area (TPSA) is 194 Å². The average Bonchev–Trinajstić information content (AvgIpc) is 3.60. The number of piperazine rings is 1. The minimum atomic E-state index is -0.438. The molecule has 2 aromatic carbocycles. The number of morpholine rings is 1. The summed E-state index contributed by atoms with van der Waals surface area (Å²) in [6.07, 6.45) is 3.30. The molecular weight excluding hydrogens is 793 g/mol. The Kier molecular flexibility index (Phi) is 11.3. The van der Waals surface area contributed by atoms with Gasteiger partial charge in [-0.2, -0.15) is 0 Å². The van der Waals surface area contributed by atoms with Crippen molar-refractivity contribution in [2.45, 2.75) is 58.6 Å². The summed E-state index contributed by atoms with van der Waals surface area (Å²) in [6.45, 7) is 13.5. The number of pyridine rings is 1. The fourth-order valence-electron chi connectivity index (χ4n) is 8.97. The number of para-hydroxylation sites is 1. The first kappa shape index (κ1) is 41.2. The first-order chi connectivity index (χ1) is 29.9. The molecule has 62 heavy (non-hydrogen) atoms. The van der Waals surface area contributed by atoms with Gasteiger partial charge in [0.15, 0.2) is 12.1 Å². The number of imide groups is 1. The quantitative estimate of drug-likeness (QED) is 0.198. The molecule has 4 aliphatic heterocycles. The maximum atomic E-state index is 14.0. The summed E-state index contributed by atoms with van der Waals surface area (Å²) >= 11 is 0. The van der Waals surface area contributed by atoms with Gasteiger partial charge in [-0.25, -0.2) is 9.78 Å². The molecular formula is C45H52N10O7. The molecule has 4 saturated heterocycles. The van der Waals surface area contributed by atoms with Crippen LogP contribution in [0.5, 0.6) is 5.75 Å². The van der Waals surface area contributed by atoms with Crippen LogP contribution in [0.2, 0.25) is 0 Å². The van der Waals surface area contributed by atoms with Crippen LogP contribution in [0.4, 0.5) is 22.0 Å². The zero-order valence-electron chi connectivity index (χ0n) is 35.4. The number of nitrogen functional groups attached to an aromatic ring is 1. The summed E-state index contributed by atoms with van der Waals surface area (Å²) in [5, 5.41) is 22.3. The van der Waals surface area contributed by atoms with Crippen LogP contribution in [-0.2, 0) is 19.0 Å². The number of aromatic nitrogens is 4. The van der Waals surface area contributed by atoms with E-state index in [1.165, 1.54) is 4.90 Å². The number of anilines is 3. The van der Waals surface area contributed by atoms with E-state index in [0.717, 1.165) is 39.0 Å². The van der Waals surface area contributed by atoms with E-state index in [-0.39, 0.29) is 48.5 Å². The van der Waals surface area contributed by atoms with Crippen molar-refractivity contribution >= 4 is 46.1 Å². The van der Waals surface area contributed by atoms with E-state index in [2.05, 4.69) is 42.9 Å². The van der Waals surface area contributed by atoms with Crippen molar-refractivity contribution in [2.75, 3.05) is 81.2 Å². The SMILES string of the molecule is Cc1cc([C@@H]2CN(c3cc(-c4ccccc4O)nnc3N)[C@H](C)CO2)c(C)cc1C(=O)N1CCN(CC2OCC(n3cc(C)c4cc(N5CCC(=O)NC5=O)cnc43)CO2)CC1. The number of nitrogens with zero attached hydrogens (tertiary/aromatic N) is 8. The Morgan fingerprint density at radius 3 is 2.45 bits per heavy atom. The monoisotopic (exact) mass is 844 g/mol. The molecule has 4 fully saturated rings. The molecule has 9 rings (SSSR count). The average molecular weight is 845 g/mol. The van der Waals surface area contributed by atoms with E-state index in [9.17, 15) is 19.5 Å². The predicted molar refractivity (Wildman–Crippen MR) is 232 cm³/mol. The van der Waals surface area contributed by atoms with Crippen molar-refractivity contribution < 1.29 is 33.7 Å². The fraction of sp³-hybridized carbons (Fsp3) is 0.422. The molecule has 0 unspecified atom stereocenters. The number of hydrogen-bond acceptors (Lipinski definition) is 13. The van der Waals surface area contributed by atoms with Gasteiger partial charge in [0.2, 0.25) is 5.91 Å². The Balaban J connectivity index is 0.788. The standard InChI is InChI=1S/C45H52N10O7/c1-26-16-35(27(2)15-33(26)39-21-54(29(4)23-60-39)37-18-36(49-50-42(37)46)32-7-5-6-8-38(32)56)44(58)52-13-11-51(12-14-52)22-41-61-24-31(25-62-41)55-20-28(3)34-17-30(19-47-43(34)55)53-10-9-40(57)48-45(53)59/h5-8,15-20,29,31,39,41,56H,9-14,21-25H2,1-4H3,(H2,46,50)(H,48,57,59)/t29-,31?,39+,41?/m1/s1. The molecule has 3 aromatic heterocycles. The maximum Gasteiger partial charge on any atom is 0.328 e. The van der Waals surface area contributed by atoms with E-state index in [0.29, 0.717) is 94.0 Å². The third-order valence-electron chi connectivity index (χ3n) is 12.5. The van der Waals surface area contributed by atoms with Crippen LogP contribution >= 0.6 is 0 Å². The Hall–Kier alpha value is -6.14. The number of ether oxygens (including phenoxy) is 3. The smallest absolute Gasteiger partial charge is 0.328 e. The van der Waals surface area contributed by atoms with Gasteiger partial charge >= 0.3 is 6.03 Å². The number of nitrogens with one attached hydrogen (secondary N) is 1. The van der Waals surface area contributed by atoms with Gasteiger partial charge in [0, 0.05) is 81.0 Å². The second-order valence-electron chi connectivity index (χ2n) is 16.7. The van der Waals surface area contributed by atoms with Gasteiger partial charge in [-0.1, -0.05) is 18.2 Å². The van der Waals surface area contributed by atoms with Crippen LogP contribution < -0.4 is 20.9 Å². The highest BCUT2D eigenvalue weighted by molar-refractivity contribution is 6.06. The Labute approximate surface area is 359 Å². The van der Waals surface area contributed by atoms with E-state index >= 15 is 0 Å². The van der Waals surface area contributed by atoms with E-state index in [1.54, 1.807) is 24.4 Å². The number of amides is 4. The molecule has 17 nitrogen and oxygen atoms in total. The van der Waals surface area contributed by atoms with Crippen molar-refractivity contribution in [3.05, 3.63) is 88.7 Å². The van der Waals surface area contributed by atoms with Gasteiger partial charge in [-0.3, -0.25) is 24.7 Å². The second-order valence-corrected chi connectivity index (χ2v) is 16.7. The van der Waals surface area contributed by atoms with Gasteiger partial charge in [-0.15, -0.1) is 10.2 Å². The van der Waals surface area contributed by atoms with E-state index in [1.807, 2.05) is 56.1 Å². The molecule has 0 spiro atoms. The molecule has 5 aromatic rings. The zero-order chi connectivity index (χ0) is 43.2. The minimum Gasteiger partial charge on any atom is -0.507 e. The van der Waals surface area contributed by atoms with E-state index in [4.69, 9.17) is 24.9 Å². The number of aryl methyl sites for hydroxylation is 3. The van der Waals surface area contributed by atoms with Gasteiger partial charge in [0.05, 0.1) is 49.1 Å². The highest BCUT2D eigenvalue weighted by Gasteiger charge is 2.33. The van der Waals surface area contributed by atoms with Gasteiger partial charge < -0.3 is 39.4 Å². The largest absolute Gasteiger partial charge is 0.507 e. The summed E-state index contributed by atoms with van der Waals surface area (Å²) in [6, 6.07) is 14.4. The lowest BCUT2D eigenvalue weighted by Gasteiger charge is -2.40. The number of phenolic OH excluding ortho intramolecular Hbond substituents is 1. The third-order valence-corrected chi connectivity index (χ3v) is 12.5. The normalized spacial score (nSPS) is 22.6. The van der Waals surface area contributed by atoms with Crippen LogP contribution in [0.25, 0.3) is 22.3 Å². The first-order valence-corrected chi connectivity index (χ1v) is 21.2. The number of phenols is 1. The number of nitrogens with two attached hydrogens (primary N) is 1. The van der Waals surface area contributed by atoms with Crippen molar-refractivity contribution in [2.24, 2.45) is 0 Å². The molecule has 0 aliphatic carbocycles. The molecule has 0 saturated carbocycles. The van der Waals surface area contributed by atoms with Crippen LogP contribution in [-0.4, -0.2) is 130 Å². The van der Waals surface area contributed by atoms with Crippen LogP contribution in [0.1, 0.15) is 58.1 Å². The lowest BCUT2D eigenvalue weighted by molar-refractivity contribution is -0.204. The molecule has 4 N–H and O–H groups in total. The Bertz CT molecular complexity index is 2530. The number of carbonyl (C=O) groups is 3. The highest BCUT2D eigenvalue weighted by Crippen LogP contribution is 2.37. The molecule has 2 atom stereocenters. The van der Waals surface area contributed by atoms with Gasteiger partial charge in [0.25, 0.3) is 5.91 Å². The van der Waals surface area contributed by atoms with Crippen molar-refractivity contribution in [1.82, 2.24) is 34.9 Å². The number of benzene rings is 2. The summed E-state index contributed by atoms with van der Waals surface area (Å²) in [7, 11) is 0. The van der Waals surface area contributed by atoms with Crippen LogP contribution in [0, 0.1) is 20.8 Å². The minimum absolute atomic E-state index is 0.0144. The summed E-state index contributed by atoms with van der Waals surface area (Å²) in [4.78, 5) is 50.7. The molecule has 17 heteroatoms. The van der Waals surface area contributed by atoms with E-state index < -0.39 is 6.03 Å². The van der Waals surface area contributed by atoms with Crippen molar-refractivity contribution in [1.29, 1.82) is 0 Å². The predicted octanol–water partition coefficient (Wildman–Crippen LogP) is 4.49. The second kappa shape index (κ2) is 17.0. The number of carbonyl (C=O) groups excluding carboxylic acids is 3. The lowest BCUT2D eigenvalue weighted by Crippen LogP contribution is -2.51. The molecule has 7 heterocycles. The Morgan fingerprint density at radius 1 is 0.919 bits per heavy atom. The zero-order valence-corrected chi connectivity index (χ0v) is 35.4. The third kappa shape index (κ3) is 8.03. The summed E-state index contributed by atoms with van der Waals surface area (Å²) in [5.41, 5.74) is 14.3. The highest BCUT2D eigenvalue weighted by atomic mass is 16.7. The number of urea groups is 1. The fourth-order valence-corrected chi connectivity index (χ4v) is 8.97. The van der Waals surface area contributed by atoms with Gasteiger partial charge in [0.1, 0.15) is 17.5 Å². The molecule has 324 valence electrons. The summed E-state index contributed by atoms with van der Waals surface area (Å²) in [5.74, 6) is 0.163. The van der Waals surface area contributed by atoms with Crippen LogP contribution in [0.15, 0.2) is 60.9 Å². The molecule has 4 amide bonds. The van der Waals surface area contributed by atoms with Crippen LogP contribution in [0.3, 0.4) is 0 Å². The lowest BCUT2D eigenvalue weighted by atomic mass is 9.94. The molecule has 0 radical (unpaired) electrons.